The van der Waals surface area contributed by atoms with Gasteiger partial charge in [0.25, 0.3) is 0 Å². The van der Waals surface area contributed by atoms with Crippen LogP contribution in [0.2, 0.25) is 0 Å². The molecule has 4 nitrogen and oxygen atoms in total. The molecule has 3 aromatic rings. The summed E-state index contributed by atoms with van der Waals surface area (Å²) in [5, 5.41) is 0.326. The topological polar surface area (TPSA) is 60.4 Å². The van der Waals surface area contributed by atoms with Gasteiger partial charge in [0.1, 0.15) is 5.75 Å². The molecular weight excluding hydrogens is 419 g/mol. The number of rotatable bonds is 6. The van der Waals surface area contributed by atoms with E-state index in [0.29, 0.717) is 16.4 Å². The Morgan fingerprint density at radius 1 is 0.688 bits per heavy atom. The van der Waals surface area contributed by atoms with Gasteiger partial charge in [0.2, 0.25) is 0 Å². The first-order chi connectivity index (χ1) is 15.1. The van der Waals surface area contributed by atoms with Crippen molar-refractivity contribution in [3.63, 3.8) is 0 Å². The van der Waals surface area contributed by atoms with E-state index in [4.69, 9.17) is 4.74 Å². The average molecular weight is 446 g/mol. The summed E-state index contributed by atoms with van der Waals surface area (Å²) < 4.78 is 17.3. The summed E-state index contributed by atoms with van der Waals surface area (Å²) in [5.74, 6) is -0.398. The van der Waals surface area contributed by atoms with Crippen molar-refractivity contribution in [2.24, 2.45) is 0 Å². The smallest absolute Gasteiger partial charge is 0.198 e. The van der Waals surface area contributed by atoms with E-state index in [1.54, 1.807) is 12.1 Å². The molecule has 32 heavy (non-hydrogen) atoms. The molecule has 0 aliphatic rings. The quantitative estimate of drug-likeness (QED) is 0.348. The Bertz CT molecular complexity index is 1220. The Labute approximate surface area is 190 Å². The highest BCUT2D eigenvalue weighted by Gasteiger charge is 2.29. The molecule has 0 atom stereocenters. The second-order valence-electron chi connectivity index (χ2n) is 8.34. The van der Waals surface area contributed by atoms with Crippen LogP contribution in [0.1, 0.15) is 65.2 Å². The number of benzene rings is 3. The fourth-order valence-electron chi connectivity index (χ4n) is 4.60. The van der Waals surface area contributed by atoms with Crippen molar-refractivity contribution in [3.05, 3.63) is 92.0 Å². The highest BCUT2D eigenvalue weighted by Crippen LogP contribution is 2.32. The number of aryl methyl sites for hydroxylation is 6. The number of ether oxygens (including phenoxy) is 1. The molecule has 0 heterocycles. The molecule has 5 heteroatoms. The lowest BCUT2D eigenvalue weighted by atomic mass is 9.86. The van der Waals surface area contributed by atoms with E-state index in [0.717, 1.165) is 33.4 Å². The maximum Gasteiger partial charge on any atom is 0.198 e. The van der Waals surface area contributed by atoms with E-state index in [1.807, 2.05) is 65.8 Å². The Kier molecular flexibility index (Phi) is 6.76. The van der Waals surface area contributed by atoms with Crippen LogP contribution in [0.3, 0.4) is 0 Å². The number of carbonyl (C=O) groups excluding carboxylic acids is 2. The molecule has 0 aromatic heterocycles. The zero-order valence-electron chi connectivity index (χ0n) is 19.5. The number of carbonyl (C=O) groups is 2. The Morgan fingerprint density at radius 3 is 1.53 bits per heavy atom. The zero-order valence-corrected chi connectivity index (χ0v) is 20.4. The van der Waals surface area contributed by atoms with Crippen LogP contribution in [-0.2, 0) is 4.57 Å². The molecule has 0 N–H and O–H groups in total. The second kappa shape index (κ2) is 9.18. The van der Waals surface area contributed by atoms with Crippen molar-refractivity contribution >= 4 is 25.3 Å². The summed E-state index contributed by atoms with van der Waals surface area (Å²) in [4.78, 5) is 27.6. The molecule has 0 amide bonds. The average Bonchev–Trinajstić information content (AvgIpc) is 2.70. The van der Waals surface area contributed by atoms with Gasteiger partial charge in [-0.25, -0.2) is 0 Å². The first kappa shape index (κ1) is 23.6. The number of ketones is 2. The van der Waals surface area contributed by atoms with Crippen LogP contribution in [0.25, 0.3) is 0 Å². The highest BCUT2D eigenvalue weighted by atomic mass is 31.1. The van der Waals surface area contributed by atoms with Gasteiger partial charge < -0.3 is 4.74 Å². The van der Waals surface area contributed by atoms with Gasteiger partial charge in [-0.1, -0.05) is 35.4 Å². The number of hydrogen-bond donors (Lipinski definition) is 0. The molecule has 3 aromatic carbocycles. The van der Waals surface area contributed by atoms with Gasteiger partial charge in [0.15, 0.2) is 20.0 Å². The SMILES string of the molecule is COc1c(P=O)ccc(C(=O)c2c(C)cc(C)cc2C)c1C(=O)c1c(C)cc(C)cc1C. The second-order valence-corrected chi connectivity index (χ2v) is 9.00. The summed E-state index contributed by atoms with van der Waals surface area (Å²) in [6.45, 7) is 11.5. The van der Waals surface area contributed by atoms with E-state index in [1.165, 1.54) is 7.11 Å². The molecular formula is C27H27O4P. The number of methoxy groups -OCH3 is 1. The van der Waals surface area contributed by atoms with Crippen molar-refractivity contribution in [3.8, 4) is 5.75 Å². The molecule has 0 spiro atoms. The molecule has 0 bridgehead atoms. The van der Waals surface area contributed by atoms with Gasteiger partial charge in [-0.05, 0) is 75.9 Å². The minimum Gasteiger partial charge on any atom is -0.495 e. The molecule has 0 aliphatic heterocycles. The summed E-state index contributed by atoms with van der Waals surface area (Å²) in [7, 11) is 1.14. The van der Waals surface area contributed by atoms with Crippen LogP contribution in [0.15, 0.2) is 36.4 Å². The molecule has 0 aliphatic carbocycles. The summed E-state index contributed by atoms with van der Waals surface area (Å²) in [5.41, 5.74) is 6.94. The molecule has 164 valence electrons. The van der Waals surface area contributed by atoms with E-state index < -0.39 is 0 Å². The third kappa shape index (κ3) is 4.16. The summed E-state index contributed by atoms with van der Waals surface area (Å²) in [6, 6.07) is 11.0. The van der Waals surface area contributed by atoms with Crippen LogP contribution in [0.4, 0.5) is 0 Å². The van der Waals surface area contributed by atoms with Gasteiger partial charge in [0.05, 0.1) is 18.0 Å². The lowest BCUT2D eigenvalue weighted by molar-refractivity contribution is 0.0999. The Balaban J connectivity index is 2.35. The first-order valence-corrected chi connectivity index (χ1v) is 11.2. The van der Waals surface area contributed by atoms with Crippen LogP contribution in [0.5, 0.6) is 5.75 Å². The normalized spacial score (nSPS) is 11.0. The van der Waals surface area contributed by atoms with Crippen molar-refractivity contribution in [2.45, 2.75) is 41.5 Å². The van der Waals surface area contributed by atoms with Crippen molar-refractivity contribution < 1.29 is 18.9 Å². The lowest BCUT2D eigenvalue weighted by Gasteiger charge is -2.18. The van der Waals surface area contributed by atoms with E-state index in [9.17, 15) is 14.2 Å². The van der Waals surface area contributed by atoms with Crippen LogP contribution < -0.4 is 10.0 Å². The largest absolute Gasteiger partial charge is 0.495 e. The van der Waals surface area contributed by atoms with E-state index >= 15 is 0 Å². The highest BCUT2D eigenvalue weighted by molar-refractivity contribution is 7.34. The minimum absolute atomic E-state index is 0.146. The number of hydrogen-bond acceptors (Lipinski definition) is 4. The summed E-state index contributed by atoms with van der Waals surface area (Å²) in [6.07, 6.45) is 0. The van der Waals surface area contributed by atoms with Crippen LogP contribution in [0, 0.1) is 41.5 Å². The standard InChI is InChI=1S/C27H27O4P/c1-14-10-16(3)22(17(4)11-14)25(28)20-8-9-21(32-30)27(31-7)24(20)26(29)23-18(5)12-15(2)13-19(23)6/h8-13H,1-7H3. The maximum atomic E-state index is 13.9. The first-order valence-electron chi connectivity index (χ1n) is 10.4. The van der Waals surface area contributed by atoms with Crippen molar-refractivity contribution in [2.75, 3.05) is 7.11 Å². The van der Waals surface area contributed by atoms with Gasteiger partial charge in [-0.15, -0.1) is 0 Å². The predicted octanol–water partition coefficient (Wildman–Crippen LogP) is 5.92. The van der Waals surface area contributed by atoms with Gasteiger partial charge >= 0.3 is 0 Å². The Morgan fingerprint density at radius 2 is 1.12 bits per heavy atom. The van der Waals surface area contributed by atoms with Gasteiger partial charge in [-0.3, -0.25) is 14.2 Å². The minimum atomic E-state index is -0.312. The van der Waals surface area contributed by atoms with Crippen LogP contribution >= 0.6 is 8.46 Å². The molecule has 0 saturated heterocycles. The third-order valence-corrected chi connectivity index (χ3v) is 6.27. The predicted molar refractivity (Wildman–Crippen MR) is 128 cm³/mol. The third-order valence-electron chi connectivity index (χ3n) is 5.72. The molecule has 3 rings (SSSR count). The molecule has 0 unspecified atom stereocenters. The monoisotopic (exact) mass is 446 g/mol. The van der Waals surface area contributed by atoms with Crippen LogP contribution in [-0.4, -0.2) is 18.7 Å². The van der Waals surface area contributed by atoms with Crippen molar-refractivity contribution in [1.82, 2.24) is 0 Å². The van der Waals surface area contributed by atoms with Gasteiger partial charge in [0, 0.05) is 16.7 Å². The van der Waals surface area contributed by atoms with Crippen molar-refractivity contribution in [1.29, 1.82) is 0 Å². The maximum absolute atomic E-state index is 13.9. The molecule has 0 radical (unpaired) electrons. The van der Waals surface area contributed by atoms with E-state index in [-0.39, 0.29) is 36.9 Å². The Hall–Kier alpha value is -3.10. The fourth-order valence-corrected chi connectivity index (χ4v) is 5.02. The van der Waals surface area contributed by atoms with Gasteiger partial charge in [-0.2, -0.15) is 0 Å². The summed E-state index contributed by atoms with van der Waals surface area (Å²) >= 11 is 0. The fraction of sp³-hybridized carbons (Fsp3) is 0.259. The zero-order chi connectivity index (χ0) is 23.7. The lowest BCUT2D eigenvalue weighted by Crippen LogP contribution is -2.19. The van der Waals surface area contributed by atoms with E-state index in [2.05, 4.69) is 0 Å². The molecule has 0 saturated carbocycles. The molecule has 0 fully saturated rings.